The number of piperazine rings is 1. The first-order valence-corrected chi connectivity index (χ1v) is 9.72. The molecule has 0 radical (unpaired) electrons. The smallest absolute Gasteiger partial charge is 0.289 e. The molecule has 0 atom stereocenters. The number of aliphatic hydroxyl groups excluding tert-OH is 1. The van der Waals surface area contributed by atoms with E-state index in [0.29, 0.717) is 51.7 Å². The van der Waals surface area contributed by atoms with Gasteiger partial charge in [0.05, 0.1) is 19.4 Å². The number of nitrogens with one attached hydrogen (secondary N) is 1. The highest BCUT2D eigenvalue weighted by Crippen LogP contribution is 2.30. The first-order valence-electron chi connectivity index (χ1n) is 9.72. The van der Waals surface area contributed by atoms with Crippen LogP contribution >= 0.6 is 0 Å². The van der Waals surface area contributed by atoms with Gasteiger partial charge in [0.1, 0.15) is 0 Å². The van der Waals surface area contributed by atoms with Gasteiger partial charge in [-0.3, -0.25) is 9.79 Å². The number of hydrogen-bond acceptors (Lipinski definition) is 5. The molecule has 2 fully saturated rings. The molecule has 8 nitrogen and oxygen atoms in total. The predicted molar refractivity (Wildman–Crippen MR) is 102 cm³/mol. The van der Waals surface area contributed by atoms with Gasteiger partial charge in [0.15, 0.2) is 11.7 Å². The van der Waals surface area contributed by atoms with Crippen molar-refractivity contribution in [2.24, 2.45) is 10.4 Å². The summed E-state index contributed by atoms with van der Waals surface area (Å²) in [5, 5.41) is 13.2. The van der Waals surface area contributed by atoms with Gasteiger partial charge in [-0.15, -0.1) is 0 Å². The van der Waals surface area contributed by atoms with Gasteiger partial charge < -0.3 is 29.4 Å². The molecule has 0 aromatic carbocycles. The Morgan fingerprint density at radius 2 is 1.96 bits per heavy atom. The van der Waals surface area contributed by atoms with E-state index in [9.17, 15) is 9.90 Å². The highest BCUT2D eigenvalue weighted by atomic mass is 16.5. The van der Waals surface area contributed by atoms with Gasteiger partial charge in [0.25, 0.3) is 5.91 Å². The predicted octanol–water partition coefficient (Wildman–Crippen LogP) is 0.792. The molecule has 1 aromatic rings. The van der Waals surface area contributed by atoms with Gasteiger partial charge >= 0.3 is 0 Å². The molecule has 2 saturated heterocycles. The summed E-state index contributed by atoms with van der Waals surface area (Å²) in [4.78, 5) is 21.2. The van der Waals surface area contributed by atoms with Crippen LogP contribution < -0.4 is 5.32 Å². The van der Waals surface area contributed by atoms with Crippen LogP contribution in [0.4, 0.5) is 0 Å². The monoisotopic (exact) mass is 378 g/mol. The van der Waals surface area contributed by atoms with Crippen LogP contribution in [0.2, 0.25) is 0 Å². The van der Waals surface area contributed by atoms with E-state index < -0.39 is 0 Å². The molecule has 0 spiro atoms. The molecular weight excluding hydrogens is 348 g/mol. The number of carbonyl (C=O) groups excluding carboxylic acids is 1. The summed E-state index contributed by atoms with van der Waals surface area (Å²) in [6, 6.07) is 3.43. The average Bonchev–Trinajstić information content (AvgIpc) is 3.26. The molecule has 27 heavy (non-hydrogen) atoms. The third-order valence-corrected chi connectivity index (χ3v) is 5.39. The van der Waals surface area contributed by atoms with Gasteiger partial charge in [-0.2, -0.15) is 0 Å². The molecule has 2 N–H and O–H groups in total. The number of aliphatic imine (C=N–C) groups is 1. The van der Waals surface area contributed by atoms with Crippen molar-refractivity contribution in [2.75, 3.05) is 59.1 Å². The molecule has 3 rings (SSSR count). The third kappa shape index (κ3) is 4.81. The number of ether oxygens (including phenoxy) is 1. The number of carbonyl (C=O) groups is 1. The molecule has 0 aliphatic carbocycles. The van der Waals surface area contributed by atoms with Crippen molar-refractivity contribution < 1.29 is 19.1 Å². The van der Waals surface area contributed by atoms with Crippen LogP contribution in [0.1, 0.15) is 30.3 Å². The third-order valence-electron chi connectivity index (χ3n) is 5.39. The molecule has 2 aliphatic rings. The van der Waals surface area contributed by atoms with Gasteiger partial charge in [-0.05, 0) is 31.9 Å². The maximum Gasteiger partial charge on any atom is 0.289 e. The quantitative estimate of drug-likeness (QED) is 0.582. The maximum absolute atomic E-state index is 12.4. The Kier molecular flexibility index (Phi) is 6.73. The number of amides is 1. The number of hydrogen-bond donors (Lipinski definition) is 2. The largest absolute Gasteiger partial charge is 0.459 e. The minimum atomic E-state index is -0.185. The fourth-order valence-corrected chi connectivity index (χ4v) is 3.52. The molecule has 2 aliphatic heterocycles. The fraction of sp³-hybridized carbons (Fsp3) is 0.684. The van der Waals surface area contributed by atoms with Crippen LogP contribution in [0.5, 0.6) is 0 Å². The molecular formula is C19H30N4O4. The Morgan fingerprint density at radius 1 is 1.26 bits per heavy atom. The van der Waals surface area contributed by atoms with E-state index in [2.05, 4.69) is 10.2 Å². The van der Waals surface area contributed by atoms with Crippen molar-refractivity contribution in [3.05, 3.63) is 24.2 Å². The van der Waals surface area contributed by atoms with Crippen molar-refractivity contribution in [3.8, 4) is 0 Å². The minimum Gasteiger partial charge on any atom is -0.459 e. The normalized spacial score (nSPS) is 20.6. The molecule has 0 bridgehead atoms. The lowest BCUT2D eigenvalue weighted by Gasteiger charge is -2.37. The van der Waals surface area contributed by atoms with E-state index in [4.69, 9.17) is 14.1 Å². The van der Waals surface area contributed by atoms with Crippen LogP contribution in [0.3, 0.4) is 0 Å². The summed E-state index contributed by atoms with van der Waals surface area (Å²) < 4.78 is 10.6. The SMILES string of the molecule is CCNC(=NCC1(CO)CCOCC1)N1CCN(C(=O)c2ccco2)CC1. The van der Waals surface area contributed by atoms with Gasteiger partial charge in [-0.1, -0.05) is 0 Å². The van der Waals surface area contributed by atoms with E-state index in [1.54, 1.807) is 12.1 Å². The minimum absolute atomic E-state index is 0.0666. The van der Waals surface area contributed by atoms with E-state index >= 15 is 0 Å². The summed E-state index contributed by atoms with van der Waals surface area (Å²) in [5.41, 5.74) is -0.185. The maximum atomic E-state index is 12.4. The molecule has 3 heterocycles. The van der Waals surface area contributed by atoms with E-state index in [1.165, 1.54) is 6.26 Å². The van der Waals surface area contributed by atoms with E-state index in [1.807, 2.05) is 11.8 Å². The molecule has 8 heteroatoms. The summed E-state index contributed by atoms with van der Waals surface area (Å²) in [6.45, 7) is 7.58. The second kappa shape index (κ2) is 9.23. The van der Waals surface area contributed by atoms with Crippen molar-refractivity contribution in [2.45, 2.75) is 19.8 Å². The van der Waals surface area contributed by atoms with Crippen LogP contribution in [-0.2, 0) is 4.74 Å². The zero-order valence-electron chi connectivity index (χ0n) is 16.0. The number of aliphatic hydroxyl groups is 1. The van der Waals surface area contributed by atoms with Crippen LogP contribution in [0, 0.1) is 5.41 Å². The standard InChI is InChI=1S/C19H30N4O4/c1-2-20-18(21-14-19(15-24)5-12-26-13-6-19)23-9-7-22(8-10-23)17(25)16-4-3-11-27-16/h3-4,11,24H,2,5-10,12-15H2,1H3,(H,20,21). The van der Waals surface area contributed by atoms with Crippen molar-refractivity contribution >= 4 is 11.9 Å². The Labute approximate surface area is 160 Å². The molecule has 1 amide bonds. The average molecular weight is 378 g/mol. The van der Waals surface area contributed by atoms with Crippen molar-refractivity contribution in [3.63, 3.8) is 0 Å². The zero-order chi connectivity index (χ0) is 19.1. The van der Waals surface area contributed by atoms with Gasteiger partial charge in [-0.25, -0.2) is 0 Å². The second-order valence-corrected chi connectivity index (χ2v) is 7.20. The lowest BCUT2D eigenvalue weighted by molar-refractivity contribution is -0.0107. The molecule has 150 valence electrons. The van der Waals surface area contributed by atoms with E-state index in [0.717, 1.165) is 25.3 Å². The topological polar surface area (TPSA) is 90.5 Å². The lowest BCUT2D eigenvalue weighted by atomic mass is 9.81. The first kappa shape index (κ1) is 19.7. The number of furan rings is 1. The Balaban J connectivity index is 1.59. The molecule has 0 saturated carbocycles. The second-order valence-electron chi connectivity index (χ2n) is 7.20. The van der Waals surface area contributed by atoms with Crippen molar-refractivity contribution in [1.82, 2.24) is 15.1 Å². The Bertz CT molecular complexity index is 618. The van der Waals surface area contributed by atoms with Crippen LogP contribution in [-0.4, -0.2) is 85.9 Å². The van der Waals surface area contributed by atoms with Gasteiger partial charge in [0.2, 0.25) is 0 Å². The van der Waals surface area contributed by atoms with Crippen LogP contribution in [0.15, 0.2) is 27.8 Å². The Hall–Kier alpha value is -2.06. The fourth-order valence-electron chi connectivity index (χ4n) is 3.52. The number of nitrogens with zero attached hydrogens (tertiary/aromatic N) is 3. The van der Waals surface area contributed by atoms with Crippen molar-refractivity contribution in [1.29, 1.82) is 0 Å². The molecule has 0 unspecified atom stereocenters. The van der Waals surface area contributed by atoms with E-state index in [-0.39, 0.29) is 17.9 Å². The number of rotatable bonds is 5. The Morgan fingerprint density at radius 3 is 2.56 bits per heavy atom. The van der Waals surface area contributed by atoms with Crippen LogP contribution in [0.25, 0.3) is 0 Å². The van der Waals surface area contributed by atoms with Gasteiger partial charge in [0, 0.05) is 51.4 Å². The zero-order valence-corrected chi connectivity index (χ0v) is 16.0. The first-order chi connectivity index (χ1) is 13.2. The number of guanidine groups is 1. The summed E-state index contributed by atoms with van der Waals surface area (Å²) in [6.07, 6.45) is 3.18. The summed E-state index contributed by atoms with van der Waals surface area (Å²) in [5.74, 6) is 1.17. The summed E-state index contributed by atoms with van der Waals surface area (Å²) in [7, 11) is 0. The highest BCUT2D eigenvalue weighted by molar-refractivity contribution is 5.91. The summed E-state index contributed by atoms with van der Waals surface area (Å²) >= 11 is 0. The lowest BCUT2D eigenvalue weighted by Crippen LogP contribution is -2.54. The molecule has 1 aromatic heterocycles. The highest BCUT2D eigenvalue weighted by Gasteiger charge is 2.32.